The van der Waals surface area contributed by atoms with Crippen LogP contribution in [-0.2, 0) is 9.59 Å². The number of para-hydroxylation sites is 1. The van der Waals surface area contributed by atoms with Gasteiger partial charge in [-0.3, -0.25) is 14.2 Å². The number of thioether (sulfide) groups is 1. The van der Waals surface area contributed by atoms with E-state index in [0.717, 1.165) is 27.9 Å². The quantitative estimate of drug-likeness (QED) is 0.219. The van der Waals surface area contributed by atoms with Crippen molar-refractivity contribution in [3.05, 3.63) is 79.0 Å². The smallest absolute Gasteiger partial charge is 0.234 e. The van der Waals surface area contributed by atoms with Gasteiger partial charge < -0.3 is 20.4 Å². The van der Waals surface area contributed by atoms with Crippen LogP contribution in [0.25, 0.3) is 28.0 Å². The van der Waals surface area contributed by atoms with E-state index in [1.807, 2.05) is 66.2 Å². The molecule has 38 heavy (non-hydrogen) atoms. The van der Waals surface area contributed by atoms with E-state index in [2.05, 4.69) is 25.8 Å². The average molecular weight is 527 g/mol. The van der Waals surface area contributed by atoms with Gasteiger partial charge in [0.2, 0.25) is 11.8 Å². The van der Waals surface area contributed by atoms with E-state index in [-0.39, 0.29) is 17.6 Å². The summed E-state index contributed by atoms with van der Waals surface area (Å²) in [6.45, 7) is 3.97. The summed E-state index contributed by atoms with van der Waals surface area (Å²) in [4.78, 5) is 27.2. The van der Waals surface area contributed by atoms with Crippen molar-refractivity contribution in [1.82, 2.24) is 19.7 Å². The number of rotatable bonds is 9. The molecule has 0 radical (unpaired) electrons. The van der Waals surface area contributed by atoms with Crippen LogP contribution in [0.5, 0.6) is 5.75 Å². The Balaban J connectivity index is 1.39. The molecule has 2 heterocycles. The molecule has 0 fully saturated rings. The highest BCUT2D eigenvalue weighted by Crippen LogP contribution is 2.33. The predicted molar refractivity (Wildman–Crippen MR) is 150 cm³/mol. The van der Waals surface area contributed by atoms with Crippen molar-refractivity contribution in [3.63, 3.8) is 0 Å². The molecular formula is C28H26N6O3S. The lowest BCUT2D eigenvalue weighted by molar-refractivity contribution is -0.114. The summed E-state index contributed by atoms with van der Waals surface area (Å²) in [5.74, 6) is 1.24. The number of carbonyl (C=O) groups excluding carboxylic acids is 2. The molecule has 192 valence electrons. The van der Waals surface area contributed by atoms with E-state index < -0.39 is 0 Å². The number of aromatic nitrogens is 4. The summed E-state index contributed by atoms with van der Waals surface area (Å²) in [6, 6.07) is 22.7. The number of amides is 2. The molecule has 0 bridgehead atoms. The molecule has 0 aliphatic heterocycles. The zero-order valence-corrected chi connectivity index (χ0v) is 21.7. The molecule has 0 aliphatic carbocycles. The van der Waals surface area contributed by atoms with Crippen LogP contribution in [-0.4, -0.2) is 43.9 Å². The van der Waals surface area contributed by atoms with Crippen LogP contribution < -0.4 is 15.4 Å². The molecule has 2 amide bonds. The van der Waals surface area contributed by atoms with E-state index >= 15 is 0 Å². The minimum Gasteiger partial charge on any atom is -0.494 e. The van der Waals surface area contributed by atoms with Crippen molar-refractivity contribution >= 4 is 45.9 Å². The van der Waals surface area contributed by atoms with Gasteiger partial charge in [-0.15, -0.1) is 10.2 Å². The fourth-order valence-corrected chi connectivity index (χ4v) is 4.80. The zero-order valence-electron chi connectivity index (χ0n) is 20.9. The van der Waals surface area contributed by atoms with Gasteiger partial charge in [-0.2, -0.15) is 0 Å². The number of hydrogen-bond acceptors (Lipinski definition) is 6. The van der Waals surface area contributed by atoms with E-state index in [4.69, 9.17) is 4.74 Å². The normalized spacial score (nSPS) is 10.9. The number of fused-ring (bicyclic) bond motifs is 1. The van der Waals surface area contributed by atoms with Gasteiger partial charge in [0.25, 0.3) is 0 Å². The number of carbonyl (C=O) groups is 2. The molecule has 0 atom stereocenters. The molecule has 3 aromatic carbocycles. The molecule has 2 aromatic heterocycles. The Labute approximate surface area is 223 Å². The second-order valence-corrected chi connectivity index (χ2v) is 9.35. The highest BCUT2D eigenvalue weighted by Gasteiger charge is 2.20. The SMILES string of the molecule is CCOc1ccc(-n2c(SCC(=O)Nc3ccc(NC(C)=O)cc3)nnc2-c2c[nH]c3ccccc23)cc1. The van der Waals surface area contributed by atoms with E-state index in [1.165, 1.54) is 18.7 Å². The van der Waals surface area contributed by atoms with Crippen LogP contribution >= 0.6 is 11.8 Å². The Morgan fingerprint density at radius 3 is 2.37 bits per heavy atom. The third-order valence-corrected chi connectivity index (χ3v) is 6.62. The van der Waals surface area contributed by atoms with Crippen LogP contribution in [0.3, 0.4) is 0 Å². The van der Waals surface area contributed by atoms with Crippen molar-refractivity contribution in [2.45, 2.75) is 19.0 Å². The van der Waals surface area contributed by atoms with Crippen molar-refractivity contribution in [1.29, 1.82) is 0 Å². The van der Waals surface area contributed by atoms with Crippen LogP contribution in [0, 0.1) is 0 Å². The van der Waals surface area contributed by atoms with Gasteiger partial charge in [-0.1, -0.05) is 30.0 Å². The van der Waals surface area contributed by atoms with Crippen LogP contribution in [0.2, 0.25) is 0 Å². The molecule has 9 nitrogen and oxygen atoms in total. The van der Waals surface area contributed by atoms with Gasteiger partial charge in [0, 0.05) is 46.6 Å². The van der Waals surface area contributed by atoms with E-state index in [1.54, 1.807) is 24.3 Å². The number of nitrogens with one attached hydrogen (secondary N) is 3. The number of nitrogens with zero attached hydrogens (tertiary/aromatic N) is 3. The first kappa shape index (κ1) is 25.1. The topological polar surface area (TPSA) is 114 Å². The Kier molecular flexibility index (Phi) is 7.41. The minimum absolute atomic E-state index is 0.135. The standard InChI is InChI=1S/C28H26N6O3S/c1-3-37-22-14-12-21(13-15-22)34-27(24-16-29-25-7-5-4-6-23(24)25)32-33-28(34)38-17-26(36)31-20-10-8-19(9-11-20)30-18(2)35/h4-16,29H,3,17H2,1-2H3,(H,30,35)(H,31,36). The maximum Gasteiger partial charge on any atom is 0.234 e. The third-order valence-electron chi connectivity index (χ3n) is 5.69. The average Bonchev–Trinajstić information content (AvgIpc) is 3.53. The Bertz CT molecular complexity index is 1570. The number of ether oxygens (including phenoxy) is 1. The lowest BCUT2D eigenvalue weighted by Gasteiger charge is -2.11. The Morgan fingerprint density at radius 2 is 1.66 bits per heavy atom. The molecule has 0 spiro atoms. The first-order valence-electron chi connectivity index (χ1n) is 12.1. The predicted octanol–water partition coefficient (Wildman–Crippen LogP) is 5.50. The lowest BCUT2D eigenvalue weighted by atomic mass is 10.1. The number of hydrogen-bond donors (Lipinski definition) is 3. The molecule has 10 heteroatoms. The maximum atomic E-state index is 12.7. The molecule has 3 N–H and O–H groups in total. The van der Waals surface area contributed by atoms with Crippen molar-refractivity contribution < 1.29 is 14.3 Å². The second-order valence-electron chi connectivity index (χ2n) is 8.41. The first-order chi connectivity index (χ1) is 18.5. The van der Waals surface area contributed by atoms with Gasteiger partial charge in [-0.25, -0.2) is 0 Å². The zero-order chi connectivity index (χ0) is 26.5. The van der Waals surface area contributed by atoms with Crippen molar-refractivity contribution in [2.24, 2.45) is 0 Å². The maximum absolute atomic E-state index is 12.7. The van der Waals surface area contributed by atoms with Crippen LogP contribution in [0.1, 0.15) is 13.8 Å². The summed E-state index contributed by atoms with van der Waals surface area (Å²) >= 11 is 1.30. The number of benzene rings is 3. The largest absolute Gasteiger partial charge is 0.494 e. The highest BCUT2D eigenvalue weighted by molar-refractivity contribution is 7.99. The molecular weight excluding hydrogens is 500 g/mol. The fourth-order valence-electron chi connectivity index (χ4n) is 4.05. The van der Waals surface area contributed by atoms with Crippen LogP contribution in [0.4, 0.5) is 11.4 Å². The summed E-state index contributed by atoms with van der Waals surface area (Å²) in [5.41, 5.74) is 4.07. The first-order valence-corrected chi connectivity index (χ1v) is 13.1. The highest BCUT2D eigenvalue weighted by atomic mass is 32.2. The third kappa shape index (κ3) is 5.55. The summed E-state index contributed by atoms with van der Waals surface area (Å²) in [6.07, 6.45) is 1.92. The molecule has 0 aliphatic rings. The lowest BCUT2D eigenvalue weighted by Crippen LogP contribution is -2.14. The minimum atomic E-state index is -0.183. The van der Waals surface area contributed by atoms with Crippen LogP contribution in [0.15, 0.2) is 84.1 Å². The van der Waals surface area contributed by atoms with E-state index in [9.17, 15) is 9.59 Å². The number of aromatic amines is 1. The molecule has 0 unspecified atom stereocenters. The molecule has 5 aromatic rings. The van der Waals surface area contributed by atoms with Gasteiger partial charge in [0.05, 0.1) is 12.4 Å². The number of H-pyrrole nitrogens is 1. The number of anilines is 2. The van der Waals surface area contributed by atoms with Crippen molar-refractivity contribution in [3.8, 4) is 22.8 Å². The Hall–Kier alpha value is -4.57. The second kappa shape index (κ2) is 11.2. The Morgan fingerprint density at radius 1 is 0.947 bits per heavy atom. The van der Waals surface area contributed by atoms with Gasteiger partial charge >= 0.3 is 0 Å². The van der Waals surface area contributed by atoms with E-state index in [0.29, 0.717) is 29.0 Å². The summed E-state index contributed by atoms with van der Waals surface area (Å²) < 4.78 is 7.56. The van der Waals surface area contributed by atoms with Gasteiger partial charge in [-0.05, 0) is 61.5 Å². The fraction of sp³-hybridized carbons (Fsp3) is 0.143. The molecule has 0 saturated heterocycles. The summed E-state index contributed by atoms with van der Waals surface area (Å²) in [5, 5.41) is 16.2. The molecule has 5 rings (SSSR count). The van der Waals surface area contributed by atoms with Gasteiger partial charge in [0.1, 0.15) is 5.75 Å². The summed E-state index contributed by atoms with van der Waals surface area (Å²) in [7, 11) is 0. The molecule has 0 saturated carbocycles. The van der Waals surface area contributed by atoms with Crippen molar-refractivity contribution in [2.75, 3.05) is 23.0 Å². The van der Waals surface area contributed by atoms with Gasteiger partial charge in [0.15, 0.2) is 11.0 Å². The monoisotopic (exact) mass is 526 g/mol.